The Morgan fingerprint density at radius 2 is 1.28 bits per heavy atom. The van der Waals surface area contributed by atoms with Crippen LogP contribution in [0, 0.1) is 0 Å². The molecule has 0 saturated carbocycles. The van der Waals surface area contributed by atoms with Gasteiger partial charge in [-0.1, -0.05) is 0 Å². The molecule has 0 aliphatic rings. The smallest absolute Gasteiger partial charge is 0.743 e. The molecule has 0 unspecified atom stereocenters. The van der Waals surface area contributed by atoms with E-state index >= 15 is 0 Å². The Kier molecular flexibility index (Phi) is 6.96. The fraction of sp³-hybridized carbons (Fsp3) is 0.400. The first-order valence-corrected chi connectivity index (χ1v) is 6.83. The SMILES string of the molecule is O=S(=O)([O-])C(F)(F)C(F)(F)OC(F)(F)C(F)(F)c1ccc(O)cc1.[Na+]. The van der Waals surface area contributed by atoms with E-state index in [0.717, 1.165) is 0 Å². The molecule has 138 valence electrons. The zero-order valence-electron chi connectivity index (χ0n) is 11.8. The molecule has 0 heterocycles. The van der Waals surface area contributed by atoms with E-state index in [2.05, 4.69) is 4.74 Å². The molecule has 1 rings (SSSR count). The van der Waals surface area contributed by atoms with E-state index in [1.165, 1.54) is 0 Å². The second-order valence-electron chi connectivity index (χ2n) is 4.23. The Labute approximate surface area is 156 Å². The van der Waals surface area contributed by atoms with Gasteiger partial charge in [-0.05, 0) is 24.3 Å². The van der Waals surface area contributed by atoms with Gasteiger partial charge in [-0.25, -0.2) is 13.2 Å². The number of alkyl halides is 8. The molecule has 0 amide bonds. The van der Waals surface area contributed by atoms with E-state index in [1.54, 1.807) is 0 Å². The molecule has 0 saturated heterocycles. The van der Waals surface area contributed by atoms with Crippen LogP contribution in [0.15, 0.2) is 24.3 Å². The van der Waals surface area contributed by atoms with Crippen LogP contribution in [0.3, 0.4) is 0 Å². The van der Waals surface area contributed by atoms with Crippen LogP contribution in [0.2, 0.25) is 0 Å². The van der Waals surface area contributed by atoms with Crippen LogP contribution in [-0.4, -0.2) is 35.5 Å². The van der Waals surface area contributed by atoms with Gasteiger partial charge >= 0.3 is 53.0 Å². The molecule has 1 aromatic carbocycles. The molecule has 5 nitrogen and oxygen atoms in total. The number of ether oxygens (including phenoxy) is 1. The van der Waals surface area contributed by atoms with E-state index in [4.69, 9.17) is 5.11 Å². The van der Waals surface area contributed by atoms with Crippen LogP contribution >= 0.6 is 0 Å². The molecule has 0 aromatic heterocycles. The third kappa shape index (κ3) is 4.54. The van der Waals surface area contributed by atoms with Gasteiger partial charge in [-0.2, -0.15) is 35.1 Å². The number of phenols is 1. The van der Waals surface area contributed by atoms with Gasteiger partial charge in [0.1, 0.15) is 5.75 Å². The summed E-state index contributed by atoms with van der Waals surface area (Å²) in [5.41, 5.74) is -1.73. The Balaban J connectivity index is 0.00000576. The zero-order chi connectivity index (χ0) is 19.2. The summed E-state index contributed by atoms with van der Waals surface area (Å²) in [6.07, 6.45) is -13.1. The quantitative estimate of drug-likeness (QED) is 0.399. The van der Waals surface area contributed by atoms with Crippen molar-refractivity contribution >= 4 is 10.1 Å². The molecule has 0 spiro atoms. The fourth-order valence-corrected chi connectivity index (χ4v) is 1.60. The molecular formula is C10H5F8NaO5S. The van der Waals surface area contributed by atoms with Gasteiger partial charge < -0.3 is 9.66 Å². The second-order valence-corrected chi connectivity index (χ2v) is 5.65. The maximum absolute atomic E-state index is 13.5. The summed E-state index contributed by atoms with van der Waals surface area (Å²) in [7, 11) is -7.22. The molecule has 0 aliphatic carbocycles. The average Bonchev–Trinajstić information content (AvgIpc) is 2.36. The van der Waals surface area contributed by atoms with Crippen molar-refractivity contribution in [3.8, 4) is 5.75 Å². The van der Waals surface area contributed by atoms with E-state index in [-0.39, 0.29) is 41.7 Å². The largest absolute Gasteiger partial charge is 1.00 e. The molecule has 0 fully saturated rings. The van der Waals surface area contributed by atoms with Gasteiger partial charge in [0.05, 0.1) is 0 Å². The van der Waals surface area contributed by atoms with Gasteiger partial charge in [0.2, 0.25) is 0 Å². The van der Waals surface area contributed by atoms with E-state index < -0.39 is 44.8 Å². The third-order valence-corrected chi connectivity index (χ3v) is 3.37. The van der Waals surface area contributed by atoms with Gasteiger partial charge in [-0.15, -0.1) is 0 Å². The third-order valence-electron chi connectivity index (χ3n) is 2.50. The fourth-order valence-electron chi connectivity index (χ4n) is 1.27. The first kappa shape index (κ1) is 24.3. The number of phenolic OH excluding ortho intramolecular Hbond substituents is 1. The predicted molar refractivity (Wildman–Crippen MR) is 57.6 cm³/mol. The van der Waals surface area contributed by atoms with Gasteiger partial charge in [-0.3, -0.25) is 0 Å². The van der Waals surface area contributed by atoms with Crippen molar-refractivity contribution in [1.82, 2.24) is 0 Å². The summed E-state index contributed by atoms with van der Waals surface area (Å²) >= 11 is 0. The Morgan fingerprint density at radius 3 is 1.64 bits per heavy atom. The Hall–Kier alpha value is -0.670. The van der Waals surface area contributed by atoms with E-state index in [9.17, 15) is 48.1 Å². The van der Waals surface area contributed by atoms with Crippen molar-refractivity contribution in [2.24, 2.45) is 0 Å². The number of hydrogen-bond donors (Lipinski definition) is 1. The van der Waals surface area contributed by atoms with Crippen LogP contribution in [0.1, 0.15) is 5.56 Å². The molecule has 25 heavy (non-hydrogen) atoms. The summed E-state index contributed by atoms with van der Waals surface area (Å²) < 4.78 is 137. The molecule has 1 N–H and O–H groups in total. The van der Waals surface area contributed by atoms with Crippen molar-refractivity contribution in [1.29, 1.82) is 0 Å². The van der Waals surface area contributed by atoms with Crippen LogP contribution in [-0.2, 0) is 20.8 Å². The summed E-state index contributed by atoms with van der Waals surface area (Å²) in [4.78, 5) is 0. The maximum atomic E-state index is 13.5. The molecule has 0 radical (unpaired) electrons. The Bertz CT molecular complexity index is 707. The van der Waals surface area contributed by atoms with Crippen LogP contribution < -0.4 is 29.6 Å². The summed E-state index contributed by atoms with van der Waals surface area (Å²) in [6.45, 7) is 0. The molecule has 0 bridgehead atoms. The summed E-state index contributed by atoms with van der Waals surface area (Å²) in [5.74, 6) is -6.32. The van der Waals surface area contributed by atoms with Crippen molar-refractivity contribution in [3.05, 3.63) is 29.8 Å². The van der Waals surface area contributed by atoms with E-state index in [0.29, 0.717) is 12.1 Å². The van der Waals surface area contributed by atoms with Gasteiger partial charge in [0.25, 0.3) is 0 Å². The van der Waals surface area contributed by atoms with Crippen LogP contribution in [0.25, 0.3) is 0 Å². The number of benzene rings is 1. The van der Waals surface area contributed by atoms with Gasteiger partial charge in [0.15, 0.2) is 10.1 Å². The Morgan fingerprint density at radius 1 is 0.880 bits per heavy atom. The van der Waals surface area contributed by atoms with Crippen LogP contribution in [0.5, 0.6) is 5.75 Å². The first-order valence-electron chi connectivity index (χ1n) is 5.42. The summed E-state index contributed by atoms with van der Waals surface area (Å²) in [5, 5.41) is 2.08. The predicted octanol–water partition coefficient (Wildman–Crippen LogP) is -0.172. The molecule has 15 heteroatoms. The minimum Gasteiger partial charge on any atom is -0.743 e. The van der Waals surface area contributed by atoms with E-state index in [1.807, 2.05) is 0 Å². The monoisotopic (exact) mass is 412 g/mol. The van der Waals surface area contributed by atoms with Crippen molar-refractivity contribution < 1.29 is 87.5 Å². The standard InChI is InChI=1S/C10H6F8O5S.Na/c11-7(12,5-1-3-6(19)4-2-5)8(13,14)23-9(15,16)10(17,18)24(20,21)22;/h1-4,19H,(H,20,21,22);/q;+1/p-1. The average molecular weight is 412 g/mol. The van der Waals surface area contributed by atoms with Crippen molar-refractivity contribution in [3.63, 3.8) is 0 Å². The van der Waals surface area contributed by atoms with Crippen LogP contribution in [0.4, 0.5) is 35.1 Å². The normalized spacial score (nSPS) is 14.1. The number of aromatic hydroxyl groups is 1. The second kappa shape index (κ2) is 7.15. The van der Waals surface area contributed by atoms with Crippen molar-refractivity contribution in [2.75, 3.05) is 0 Å². The van der Waals surface area contributed by atoms with Gasteiger partial charge in [0, 0.05) is 5.56 Å². The zero-order valence-corrected chi connectivity index (χ0v) is 14.6. The first-order chi connectivity index (χ1) is 10.5. The maximum Gasteiger partial charge on any atom is 1.00 e. The molecule has 0 atom stereocenters. The summed E-state index contributed by atoms with van der Waals surface area (Å²) in [6, 6.07) is 1.20. The topological polar surface area (TPSA) is 86.7 Å². The number of halogens is 8. The van der Waals surface area contributed by atoms with Crippen molar-refractivity contribution in [2.45, 2.75) is 23.4 Å². The molecular weight excluding hydrogens is 407 g/mol. The number of hydrogen-bond acceptors (Lipinski definition) is 5. The minimum atomic E-state index is -7.22. The number of rotatable bonds is 6. The molecule has 0 aliphatic heterocycles. The minimum absolute atomic E-state index is 0. The molecule has 1 aromatic rings.